The number of methoxy groups -OCH3 is 1. The van der Waals surface area contributed by atoms with Crippen LogP contribution in [0.25, 0.3) is 0 Å². The van der Waals surface area contributed by atoms with Crippen LogP contribution >= 0.6 is 11.3 Å². The van der Waals surface area contributed by atoms with Gasteiger partial charge in [-0.3, -0.25) is 9.69 Å². The molecule has 1 fully saturated rings. The van der Waals surface area contributed by atoms with E-state index in [0.29, 0.717) is 12.1 Å². The molecule has 0 radical (unpaired) electrons. The molecule has 2 aromatic rings. The van der Waals surface area contributed by atoms with Crippen LogP contribution < -0.4 is 10.0 Å². The number of nitrogens with zero attached hydrogens (tertiary/aromatic N) is 1. The Morgan fingerprint density at radius 2 is 2.03 bits per heavy atom. The van der Waals surface area contributed by atoms with E-state index in [2.05, 4.69) is 26.4 Å². The summed E-state index contributed by atoms with van der Waals surface area (Å²) in [7, 11) is -2.19. The molecule has 1 amide bonds. The fraction of sp³-hybridized carbons (Fsp3) is 0.476. The Morgan fingerprint density at radius 3 is 2.70 bits per heavy atom. The predicted octanol–water partition coefficient (Wildman–Crippen LogP) is 2.55. The zero-order valence-electron chi connectivity index (χ0n) is 17.4. The molecule has 2 heterocycles. The number of hydrogen-bond donors (Lipinski definition) is 2. The molecule has 2 N–H and O–H groups in total. The van der Waals surface area contributed by atoms with Crippen molar-refractivity contribution < 1.29 is 17.9 Å². The molecule has 0 bridgehead atoms. The number of rotatable bonds is 10. The fourth-order valence-corrected chi connectivity index (χ4v) is 5.50. The van der Waals surface area contributed by atoms with Crippen molar-refractivity contribution in [3.63, 3.8) is 0 Å². The van der Waals surface area contributed by atoms with Gasteiger partial charge >= 0.3 is 0 Å². The Bertz CT molecular complexity index is 939. The zero-order valence-corrected chi connectivity index (χ0v) is 19.0. The van der Waals surface area contributed by atoms with E-state index < -0.39 is 10.0 Å². The summed E-state index contributed by atoms with van der Waals surface area (Å²) in [5, 5.41) is 5.08. The average molecular weight is 452 g/mol. The third-order valence-electron chi connectivity index (χ3n) is 5.27. The van der Waals surface area contributed by atoms with Crippen molar-refractivity contribution in [1.82, 2.24) is 14.9 Å². The monoisotopic (exact) mass is 451 g/mol. The van der Waals surface area contributed by atoms with Crippen LogP contribution in [0.15, 0.2) is 40.6 Å². The van der Waals surface area contributed by atoms with Gasteiger partial charge in [0.25, 0.3) is 5.91 Å². The minimum absolute atomic E-state index is 0.0729. The predicted molar refractivity (Wildman–Crippen MR) is 118 cm³/mol. The standard InChI is InChI=1S/C21H29N3O4S2/c1-16-7-8-17(30(26,27)23-9-12-28-2)14-18(16)21(25)22-15-19(20-6-5-13-29-20)24-10-3-4-11-24/h5-8,13-14,19,23H,3-4,9-12,15H2,1-2H3,(H,22,25). The van der Waals surface area contributed by atoms with Crippen LogP contribution in [0, 0.1) is 6.92 Å². The van der Waals surface area contributed by atoms with Gasteiger partial charge in [0.1, 0.15) is 0 Å². The van der Waals surface area contributed by atoms with Gasteiger partial charge in [-0.2, -0.15) is 0 Å². The number of sulfonamides is 1. The summed E-state index contributed by atoms with van der Waals surface area (Å²) in [6, 6.07) is 8.89. The van der Waals surface area contributed by atoms with Crippen LogP contribution in [-0.2, 0) is 14.8 Å². The molecule has 30 heavy (non-hydrogen) atoms. The molecule has 1 aliphatic heterocycles. The Labute approximate surface area is 182 Å². The quantitative estimate of drug-likeness (QED) is 0.542. The lowest BCUT2D eigenvalue weighted by Gasteiger charge is -2.27. The topological polar surface area (TPSA) is 87.7 Å². The molecular weight excluding hydrogens is 422 g/mol. The third kappa shape index (κ3) is 5.67. The first-order valence-electron chi connectivity index (χ1n) is 10.1. The number of carbonyl (C=O) groups excluding carboxylic acids is 1. The summed E-state index contributed by atoms with van der Waals surface area (Å²) in [6.45, 7) is 4.80. The highest BCUT2D eigenvalue weighted by Gasteiger charge is 2.25. The lowest BCUT2D eigenvalue weighted by atomic mass is 10.1. The first-order valence-corrected chi connectivity index (χ1v) is 12.4. The average Bonchev–Trinajstić information content (AvgIpc) is 3.43. The maximum Gasteiger partial charge on any atom is 0.251 e. The molecule has 3 rings (SSSR count). The van der Waals surface area contributed by atoms with Crippen molar-refractivity contribution in [3.05, 3.63) is 51.7 Å². The Hall–Kier alpha value is -1.78. The highest BCUT2D eigenvalue weighted by atomic mass is 32.2. The van der Waals surface area contributed by atoms with E-state index in [9.17, 15) is 13.2 Å². The van der Waals surface area contributed by atoms with Crippen molar-refractivity contribution in [2.75, 3.05) is 39.9 Å². The summed E-state index contributed by atoms with van der Waals surface area (Å²) in [6.07, 6.45) is 2.34. The molecule has 1 unspecified atom stereocenters. The smallest absolute Gasteiger partial charge is 0.251 e. The molecule has 7 nitrogen and oxygen atoms in total. The number of benzene rings is 1. The molecule has 0 spiro atoms. The van der Waals surface area contributed by atoms with Crippen molar-refractivity contribution >= 4 is 27.3 Å². The first kappa shape index (κ1) is 22.9. The van der Waals surface area contributed by atoms with Gasteiger partial charge in [-0.1, -0.05) is 12.1 Å². The van der Waals surface area contributed by atoms with Gasteiger partial charge in [0.05, 0.1) is 17.5 Å². The maximum atomic E-state index is 12.9. The van der Waals surface area contributed by atoms with Gasteiger partial charge in [0.15, 0.2) is 0 Å². The van der Waals surface area contributed by atoms with E-state index in [1.165, 1.54) is 37.0 Å². The van der Waals surface area contributed by atoms with E-state index in [-0.39, 0.29) is 30.0 Å². The van der Waals surface area contributed by atoms with Crippen molar-refractivity contribution in [2.45, 2.75) is 30.7 Å². The second kappa shape index (κ2) is 10.5. The van der Waals surface area contributed by atoms with Gasteiger partial charge in [0.2, 0.25) is 10.0 Å². The van der Waals surface area contributed by atoms with Gasteiger partial charge < -0.3 is 10.1 Å². The summed E-state index contributed by atoms with van der Waals surface area (Å²) in [4.78, 5) is 16.6. The Morgan fingerprint density at radius 1 is 1.27 bits per heavy atom. The number of ether oxygens (including phenoxy) is 1. The fourth-order valence-electron chi connectivity index (χ4n) is 3.60. The van der Waals surface area contributed by atoms with Crippen LogP contribution in [0.5, 0.6) is 0 Å². The van der Waals surface area contributed by atoms with Crippen LogP contribution in [0.2, 0.25) is 0 Å². The van der Waals surface area contributed by atoms with E-state index in [1.807, 2.05) is 6.07 Å². The maximum absolute atomic E-state index is 12.9. The molecule has 164 valence electrons. The second-order valence-corrected chi connectivity index (χ2v) is 10.1. The largest absolute Gasteiger partial charge is 0.383 e. The lowest BCUT2D eigenvalue weighted by Crippen LogP contribution is -2.36. The summed E-state index contributed by atoms with van der Waals surface area (Å²) in [5.41, 5.74) is 1.10. The summed E-state index contributed by atoms with van der Waals surface area (Å²) >= 11 is 1.69. The van der Waals surface area contributed by atoms with Crippen LogP contribution in [-0.4, -0.2) is 59.1 Å². The lowest BCUT2D eigenvalue weighted by molar-refractivity contribution is 0.0937. The Kier molecular flexibility index (Phi) is 8.01. The number of aryl methyl sites for hydroxylation is 1. The number of thiophene rings is 1. The molecule has 1 aromatic carbocycles. The minimum atomic E-state index is -3.70. The molecule has 1 aliphatic rings. The van der Waals surface area contributed by atoms with Crippen molar-refractivity contribution in [3.8, 4) is 0 Å². The van der Waals surface area contributed by atoms with E-state index in [4.69, 9.17) is 4.74 Å². The zero-order chi connectivity index (χ0) is 21.6. The van der Waals surface area contributed by atoms with Gasteiger partial charge in [0, 0.05) is 30.6 Å². The molecule has 9 heteroatoms. The third-order valence-corrected chi connectivity index (χ3v) is 7.70. The number of likely N-dealkylation sites (tertiary alicyclic amines) is 1. The highest BCUT2D eigenvalue weighted by molar-refractivity contribution is 7.89. The number of hydrogen-bond acceptors (Lipinski definition) is 6. The molecule has 0 aliphatic carbocycles. The second-order valence-electron chi connectivity index (χ2n) is 7.35. The number of carbonyl (C=O) groups is 1. The van der Waals surface area contributed by atoms with Crippen molar-refractivity contribution in [2.24, 2.45) is 0 Å². The van der Waals surface area contributed by atoms with Gasteiger partial charge in [-0.25, -0.2) is 13.1 Å². The number of nitrogens with one attached hydrogen (secondary N) is 2. The summed E-state index contributed by atoms with van der Waals surface area (Å²) in [5.74, 6) is -0.262. The molecule has 1 atom stereocenters. The molecule has 1 saturated heterocycles. The Balaban J connectivity index is 1.72. The summed E-state index contributed by atoms with van der Waals surface area (Å²) < 4.78 is 32.3. The normalized spacial score (nSPS) is 15.9. The molecular formula is C21H29N3O4S2. The van der Waals surface area contributed by atoms with E-state index >= 15 is 0 Å². The first-order chi connectivity index (χ1) is 14.4. The van der Waals surface area contributed by atoms with Crippen LogP contribution in [0.4, 0.5) is 0 Å². The molecule has 1 aromatic heterocycles. The SMILES string of the molecule is COCCNS(=O)(=O)c1ccc(C)c(C(=O)NCC(c2cccs2)N2CCCC2)c1. The highest BCUT2D eigenvalue weighted by Crippen LogP contribution is 2.28. The van der Waals surface area contributed by atoms with Crippen LogP contribution in [0.3, 0.4) is 0 Å². The van der Waals surface area contributed by atoms with Crippen molar-refractivity contribution in [1.29, 1.82) is 0 Å². The van der Waals surface area contributed by atoms with Crippen LogP contribution in [0.1, 0.15) is 39.7 Å². The van der Waals surface area contributed by atoms with E-state index in [0.717, 1.165) is 18.7 Å². The molecule has 0 saturated carbocycles. The van der Waals surface area contributed by atoms with E-state index in [1.54, 1.807) is 24.3 Å². The minimum Gasteiger partial charge on any atom is -0.383 e. The number of amides is 1. The van der Waals surface area contributed by atoms with Gasteiger partial charge in [-0.15, -0.1) is 11.3 Å². The van der Waals surface area contributed by atoms with Gasteiger partial charge in [-0.05, 0) is 62.0 Å².